The smallest absolute Gasteiger partial charge is 0.338 e. The van der Waals surface area contributed by atoms with Crippen molar-refractivity contribution in [2.75, 3.05) is 18.1 Å². The average molecular weight is 317 g/mol. The first-order valence-electron chi connectivity index (χ1n) is 7.03. The van der Waals surface area contributed by atoms with Crippen LogP contribution in [0.15, 0.2) is 48.5 Å². The quantitative estimate of drug-likeness (QED) is 0.861. The Labute approximate surface area is 132 Å². The van der Waals surface area contributed by atoms with Crippen molar-refractivity contribution in [1.29, 1.82) is 0 Å². The van der Waals surface area contributed by atoms with Crippen LogP contribution in [0.5, 0.6) is 5.75 Å². The number of aromatic hydroxyl groups is 1. The van der Waals surface area contributed by atoms with Crippen molar-refractivity contribution < 1.29 is 23.8 Å². The molecule has 1 amide bonds. The molecule has 2 aromatic carbocycles. The van der Waals surface area contributed by atoms with Gasteiger partial charge >= 0.3 is 5.97 Å². The second-order valence-corrected chi connectivity index (χ2v) is 4.74. The van der Waals surface area contributed by atoms with E-state index < -0.39 is 24.3 Å². The molecule has 23 heavy (non-hydrogen) atoms. The van der Waals surface area contributed by atoms with Crippen LogP contribution < -0.4 is 4.90 Å². The number of hydrogen-bond acceptors (Lipinski definition) is 4. The average Bonchev–Trinajstić information content (AvgIpc) is 2.55. The third kappa shape index (κ3) is 4.29. The topological polar surface area (TPSA) is 66.8 Å². The molecule has 0 bridgehead atoms. The van der Waals surface area contributed by atoms with Gasteiger partial charge in [-0.1, -0.05) is 6.07 Å². The number of hydrogen-bond donors (Lipinski definition) is 1. The summed E-state index contributed by atoms with van der Waals surface area (Å²) in [6, 6.07) is 11.1. The SMILES string of the molecule is CCN(C(=O)COC(=O)c1cccc(O)c1)c1ccc(F)cc1. The van der Waals surface area contributed by atoms with Crippen LogP contribution >= 0.6 is 0 Å². The van der Waals surface area contributed by atoms with Gasteiger partial charge < -0.3 is 14.7 Å². The number of anilines is 1. The molecule has 0 spiro atoms. The minimum Gasteiger partial charge on any atom is -0.508 e. The van der Waals surface area contributed by atoms with E-state index in [0.29, 0.717) is 12.2 Å². The molecular formula is C17H16FNO4. The Hall–Kier alpha value is -2.89. The number of nitrogens with zero attached hydrogens (tertiary/aromatic N) is 1. The maximum absolute atomic E-state index is 12.9. The Balaban J connectivity index is 2.00. The van der Waals surface area contributed by atoms with E-state index in [-0.39, 0.29) is 11.3 Å². The first kappa shape index (κ1) is 16.5. The van der Waals surface area contributed by atoms with E-state index in [1.807, 2.05) is 0 Å². The van der Waals surface area contributed by atoms with Gasteiger partial charge in [0.15, 0.2) is 6.61 Å². The van der Waals surface area contributed by atoms with Crippen molar-refractivity contribution in [2.45, 2.75) is 6.92 Å². The zero-order valence-electron chi connectivity index (χ0n) is 12.5. The van der Waals surface area contributed by atoms with E-state index in [1.165, 1.54) is 53.4 Å². The molecule has 0 fully saturated rings. The van der Waals surface area contributed by atoms with Gasteiger partial charge in [-0.05, 0) is 49.4 Å². The van der Waals surface area contributed by atoms with Crippen LogP contribution in [0.3, 0.4) is 0 Å². The van der Waals surface area contributed by atoms with Gasteiger partial charge in [-0.2, -0.15) is 0 Å². The number of phenolic OH excluding ortho intramolecular Hbond substituents is 1. The molecule has 0 atom stereocenters. The molecule has 5 nitrogen and oxygen atoms in total. The highest BCUT2D eigenvalue weighted by Gasteiger charge is 2.17. The van der Waals surface area contributed by atoms with Crippen molar-refractivity contribution in [3.8, 4) is 5.75 Å². The minimum atomic E-state index is -0.704. The lowest BCUT2D eigenvalue weighted by Crippen LogP contribution is -2.34. The molecule has 0 saturated heterocycles. The van der Waals surface area contributed by atoms with Crippen LogP contribution in [0.2, 0.25) is 0 Å². The van der Waals surface area contributed by atoms with E-state index >= 15 is 0 Å². The van der Waals surface area contributed by atoms with Crippen molar-refractivity contribution in [1.82, 2.24) is 0 Å². The number of carbonyl (C=O) groups is 2. The molecule has 6 heteroatoms. The van der Waals surface area contributed by atoms with Gasteiger partial charge in [0.1, 0.15) is 11.6 Å². The van der Waals surface area contributed by atoms with E-state index in [4.69, 9.17) is 4.74 Å². The Kier molecular flexibility index (Phi) is 5.30. The molecule has 0 unspecified atom stereocenters. The van der Waals surface area contributed by atoms with Gasteiger partial charge in [-0.25, -0.2) is 9.18 Å². The lowest BCUT2D eigenvalue weighted by molar-refractivity contribution is -0.121. The summed E-state index contributed by atoms with van der Waals surface area (Å²) in [5.41, 5.74) is 0.676. The van der Waals surface area contributed by atoms with Gasteiger partial charge in [0.05, 0.1) is 5.56 Å². The van der Waals surface area contributed by atoms with Crippen LogP contribution in [0.25, 0.3) is 0 Å². The Morgan fingerprint density at radius 2 is 1.87 bits per heavy atom. The molecule has 0 aliphatic heterocycles. The van der Waals surface area contributed by atoms with E-state index in [2.05, 4.69) is 0 Å². The Bertz CT molecular complexity index is 700. The fraction of sp³-hybridized carbons (Fsp3) is 0.176. The number of amides is 1. The predicted molar refractivity (Wildman–Crippen MR) is 82.8 cm³/mol. The number of likely N-dealkylation sites (N-methyl/N-ethyl adjacent to an activating group) is 1. The highest BCUT2D eigenvalue weighted by atomic mass is 19.1. The molecular weight excluding hydrogens is 301 g/mol. The number of carbonyl (C=O) groups excluding carboxylic acids is 2. The largest absolute Gasteiger partial charge is 0.508 e. The number of rotatable bonds is 5. The number of ether oxygens (including phenoxy) is 1. The highest BCUT2D eigenvalue weighted by Crippen LogP contribution is 2.16. The van der Waals surface area contributed by atoms with E-state index in [1.54, 1.807) is 6.92 Å². The molecule has 0 saturated carbocycles. The molecule has 0 aliphatic carbocycles. The molecule has 0 aliphatic rings. The molecule has 2 aromatic rings. The molecule has 0 heterocycles. The summed E-state index contributed by atoms with van der Waals surface area (Å²) >= 11 is 0. The normalized spacial score (nSPS) is 10.2. The van der Waals surface area contributed by atoms with Gasteiger partial charge in [-0.15, -0.1) is 0 Å². The summed E-state index contributed by atoms with van der Waals surface area (Å²) in [5.74, 6) is -1.59. The zero-order valence-corrected chi connectivity index (χ0v) is 12.5. The molecule has 1 N–H and O–H groups in total. The Morgan fingerprint density at radius 3 is 2.48 bits per heavy atom. The second kappa shape index (κ2) is 7.40. The van der Waals surface area contributed by atoms with E-state index in [0.717, 1.165) is 0 Å². The van der Waals surface area contributed by atoms with Gasteiger partial charge in [0, 0.05) is 12.2 Å². The number of benzene rings is 2. The van der Waals surface area contributed by atoms with Gasteiger partial charge in [0.25, 0.3) is 5.91 Å². The molecule has 120 valence electrons. The number of phenols is 1. The molecule has 0 aromatic heterocycles. The molecule has 2 rings (SSSR count). The van der Waals surface area contributed by atoms with Crippen molar-refractivity contribution in [3.63, 3.8) is 0 Å². The maximum Gasteiger partial charge on any atom is 0.338 e. The standard InChI is InChI=1S/C17H16FNO4/c1-2-19(14-8-6-13(18)7-9-14)16(21)11-23-17(22)12-4-3-5-15(20)10-12/h3-10,20H,2,11H2,1H3. The van der Waals surface area contributed by atoms with Crippen molar-refractivity contribution in [2.24, 2.45) is 0 Å². The fourth-order valence-corrected chi connectivity index (χ4v) is 2.05. The van der Waals surface area contributed by atoms with Crippen LogP contribution in [0.1, 0.15) is 17.3 Å². The predicted octanol–water partition coefficient (Wildman–Crippen LogP) is 2.74. The second-order valence-electron chi connectivity index (χ2n) is 4.74. The monoisotopic (exact) mass is 317 g/mol. The Morgan fingerprint density at radius 1 is 1.17 bits per heavy atom. The summed E-state index contributed by atoms with van der Waals surface area (Å²) in [5, 5.41) is 9.32. The first-order chi connectivity index (χ1) is 11.0. The summed E-state index contributed by atoms with van der Waals surface area (Å²) < 4.78 is 17.9. The van der Waals surface area contributed by atoms with Crippen molar-refractivity contribution in [3.05, 3.63) is 59.9 Å². The summed E-state index contributed by atoms with van der Waals surface area (Å²) in [6.07, 6.45) is 0. The van der Waals surface area contributed by atoms with Gasteiger partial charge in [-0.3, -0.25) is 4.79 Å². The fourth-order valence-electron chi connectivity index (χ4n) is 2.05. The summed E-state index contributed by atoms with van der Waals surface area (Å²) in [4.78, 5) is 25.4. The minimum absolute atomic E-state index is 0.0627. The third-order valence-electron chi connectivity index (χ3n) is 3.16. The lowest BCUT2D eigenvalue weighted by Gasteiger charge is -2.20. The number of halogens is 1. The first-order valence-corrected chi connectivity index (χ1v) is 7.03. The zero-order chi connectivity index (χ0) is 16.8. The maximum atomic E-state index is 12.9. The van der Waals surface area contributed by atoms with Crippen molar-refractivity contribution >= 4 is 17.6 Å². The number of esters is 1. The highest BCUT2D eigenvalue weighted by molar-refractivity contribution is 5.97. The van der Waals surface area contributed by atoms with Crippen LogP contribution in [-0.4, -0.2) is 30.1 Å². The lowest BCUT2D eigenvalue weighted by atomic mass is 10.2. The van der Waals surface area contributed by atoms with Gasteiger partial charge in [0.2, 0.25) is 0 Å². The third-order valence-corrected chi connectivity index (χ3v) is 3.16. The van der Waals surface area contributed by atoms with Crippen LogP contribution in [0, 0.1) is 5.82 Å². The summed E-state index contributed by atoms with van der Waals surface area (Å²) in [6.45, 7) is 1.67. The molecule has 0 radical (unpaired) electrons. The summed E-state index contributed by atoms with van der Waals surface area (Å²) in [7, 11) is 0. The van der Waals surface area contributed by atoms with Crippen LogP contribution in [0.4, 0.5) is 10.1 Å². The van der Waals surface area contributed by atoms with E-state index in [9.17, 15) is 19.1 Å². The van der Waals surface area contributed by atoms with Crippen LogP contribution in [-0.2, 0) is 9.53 Å².